The summed E-state index contributed by atoms with van der Waals surface area (Å²) in [6, 6.07) is -0.0660. The minimum absolute atomic E-state index is 0.0660. The normalized spacial score (nSPS) is 28.7. The van der Waals surface area contributed by atoms with Gasteiger partial charge in [-0.05, 0) is 18.4 Å². The molecular formula is C7H17N3O2S. The lowest BCUT2D eigenvalue weighted by atomic mass is 9.81. The third-order valence-electron chi connectivity index (χ3n) is 2.44. The molecule has 0 saturated carbocycles. The first-order valence-corrected chi connectivity index (χ1v) is 5.87. The SMILES string of the molecule is CC1(C)CNCCC1NS(N)(=O)=O. The second-order valence-electron chi connectivity index (χ2n) is 4.17. The van der Waals surface area contributed by atoms with Crippen LogP contribution in [0.4, 0.5) is 0 Å². The zero-order chi connectivity index (χ0) is 10.1. The Morgan fingerprint density at radius 3 is 2.62 bits per heavy atom. The average molecular weight is 207 g/mol. The molecule has 1 aliphatic heterocycles. The number of hydrogen-bond acceptors (Lipinski definition) is 3. The molecular weight excluding hydrogens is 190 g/mol. The second kappa shape index (κ2) is 3.53. The van der Waals surface area contributed by atoms with E-state index in [1.165, 1.54) is 0 Å². The Balaban J connectivity index is 2.67. The van der Waals surface area contributed by atoms with Gasteiger partial charge in [-0.15, -0.1) is 0 Å². The molecule has 1 saturated heterocycles. The van der Waals surface area contributed by atoms with Gasteiger partial charge in [0.05, 0.1) is 0 Å². The molecule has 0 amide bonds. The molecule has 4 N–H and O–H groups in total. The minimum atomic E-state index is -3.57. The minimum Gasteiger partial charge on any atom is -0.316 e. The van der Waals surface area contributed by atoms with E-state index in [0.717, 1.165) is 19.5 Å². The number of nitrogens with two attached hydrogens (primary N) is 1. The third-order valence-corrected chi connectivity index (χ3v) is 3.05. The number of rotatable bonds is 2. The largest absolute Gasteiger partial charge is 0.316 e. The smallest absolute Gasteiger partial charge is 0.274 e. The Labute approximate surface area is 79.3 Å². The zero-order valence-electron chi connectivity index (χ0n) is 8.00. The van der Waals surface area contributed by atoms with Crippen LogP contribution in [0.25, 0.3) is 0 Å². The van der Waals surface area contributed by atoms with Crippen LogP contribution in [0.2, 0.25) is 0 Å². The molecule has 5 nitrogen and oxygen atoms in total. The van der Waals surface area contributed by atoms with E-state index in [2.05, 4.69) is 10.0 Å². The molecule has 13 heavy (non-hydrogen) atoms. The van der Waals surface area contributed by atoms with Gasteiger partial charge in [-0.25, -0.2) is 5.14 Å². The number of hydrogen-bond donors (Lipinski definition) is 3. The lowest BCUT2D eigenvalue weighted by Crippen LogP contribution is -2.55. The molecule has 1 atom stereocenters. The Kier molecular flexibility index (Phi) is 2.96. The standard InChI is InChI=1S/C7H17N3O2S/c1-7(2)5-9-4-3-6(7)10-13(8,11)12/h6,9-10H,3-5H2,1-2H3,(H2,8,11,12). The van der Waals surface area contributed by atoms with E-state index in [4.69, 9.17) is 5.14 Å². The lowest BCUT2D eigenvalue weighted by Gasteiger charge is -2.38. The van der Waals surface area contributed by atoms with Crippen LogP contribution in [0, 0.1) is 5.41 Å². The Bertz CT molecular complexity index is 273. The topological polar surface area (TPSA) is 84.2 Å². The second-order valence-corrected chi connectivity index (χ2v) is 5.50. The summed E-state index contributed by atoms with van der Waals surface area (Å²) in [7, 11) is -3.57. The first-order valence-electron chi connectivity index (χ1n) is 4.32. The van der Waals surface area contributed by atoms with Gasteiger partial charge < -0.3 is 5.32 Å². The van der Waals surface area contributed by atoms with E-state index < -0.39 is 10.2 Å². The van der Waals surface area contributed by atoms with Crippen molar-refractivity contribution >= 4 is 10.2 Å². The first-order chi connectivity index (χ1) is 5.81. The molecule has 0 bridgehead atoms. The van der Waals surface area contributed by atoms with Crippen molar-refractivity contribution in [3.8, 4) is 0 Å². The highest BCUT2D eigenvalue weighted by atomic mass is 32.2. The molecule has 0 aromatic heterocycles. The first kappa shape index (κ1) is 10.9. The van der Waals surface area contributed by atoms with E-state index in [9.17, 15) is 8.42 Å². The molecule has 1 heterocycles. The van der Waals surface area contributed by atoms with Crippen molar-refractivity contribution in [1.29, 1.82) is 0 Å². The summed E-state index contributed by atoms with van der Waals surface area (Å²) in [6.45, 7) is 5.67. The van der Waals surface area contributed by atoms with Crippen LogP contribution in [-0.2, 0) is 10.2 Å². The quantitative estimate of drug-likeness (QED) is 0.552. The van der Waals surface area contributed by atoms with Crippen molar-refractivity contribution in [1.82, 2.24) is 10.0 Å². The van der Waals surface area contributed by atoms with Gasteiger partial charge in [0, 0.05) is 12.6 Å². The van der Waals surface area contributed by atoms with Crippen LogP contribution in [0.5, 0.6) is 0 Å². The fourth-order valence-electron chi connectivity index (χ4n) is 1.59. The van der Waals surface area contributed by atoms with Gasteiger partial charge in [-0.2, -0.15) is 13.1 Å². The highest BCUT2D eigenvalue weighted by molar-refractivity contribution is 7.87. The van der Waals surface area contributed by atoms with Gasteiger partial charge >= 0.3 is 0 Å². The van der Waals surface area contributed by atoms with Crippen molar-refractivity contribution in [2.45, 2.75) is 26.3 Å². The van der Waals surface area contributed by atoms with E-state index >= 15 is 0 Å². The van der Waals surface area contributed by atoms with E-state index in [1.807, 2.05) is 13.8 Å². The highest BCUT2D eigenvalue weighted by Gasteiger charge is 2.33. The molecule has 0 radical (unpaired) electrons. The summed E-state index contributed by atoms with van der Waals surface area (Å²) in [5.74, 6) is 0. The molecule has 1 aliphatic rings. The highest BCUT2D eigenvalue weighted by Crippen LogP contribution is 2.24. The zero-order valence-corrected chi connectivity index (χ0v) is 8.82. The number of nitrogens with one attached hydrogen (secondary N) is 2. The molecule has 1 unspecified atom stereocenters. The molecule has 0 aromatic carbocycles. The maximum atomic E-state index is 10.8. The molecule has 0 spiro atoms. The average Bonchev–Trinajstić information content (AvgIpc) is 1.91. The Morgan fingerprint density at radius 1 is 1.54 bits per heavy atom. The monoisotopic (exact) mass is 207 g/mol. The summed E-state index contributed by atoms with van der Waals surface area (Å²) in [4.78, 5) is 0. The van der Waals surface area contributed by atoms with Gasteiger partial charge in [-0.1, -0.05) is 13.8 Å². The maximum absolute atomic E-state index is 10.8. The van der Waals surface area contributed by atoms with Crippen LogP contribution in [0.3, 0.4) is 0 Å². The van der Waals surface area contributed by atoms with Crippen LogP contribution < -0.4 is 15.2 Å². The summed E-state index contributed by atoms with van der Waals surface area (Å²) in [6.07, 6.45) is 0.781. The molecule has 78 valence electrons. The third kappa shape index (κ3) is 3.22. The van der Waals surface area contributed by atoms with E-state index in [1.54, 1.807) is 0 Å². The van der Waals surface area contributed by atoms with E-state index in [0.29, 0.717) is 0 Å². The molecule has 0 aliphatic carbocycles. The van der Waals surface area contributed by atoms with Crippen LogP contribution in [0.1, 0.15) is 20.3 Å². The van der Waals surface area contributed by atoms with Crippen molar-refractivity contribution < 1.29 is 8.42 Å². The predicted octanol–water partition coefficient (Wildman–Crippen LogP) is -0.832. The fraction of sp³-hybridized carbons (Fsp3) is 1.00. The summed E-state index contributed by atoms with van der Waals surface area (Å²) in [5, 5.41) is 8.14. The molecule has 6 heteroatoms. The van der Waals surface area contributed by atoms with Gasteiger partial charge in [0.25, 0.3) is 10.2 Å². The van der Waals surface area contributed by atoms with Crippen molar-refractivity contribution in [2.75, 3.05) is 13.1 Å². The van der Waals surface area contributed by atoms with Crippen molar-refractivity contribution in [2.24, 2.45) is 10.6 Å². The van der Waals surface area contributed by atoms with Gasteiger partial charge in [-0.3, -0.25) is 0 Å². The van der Waals surface area contributed by atoms with Crippen LogP contribution >= 0.6 is 0 Å². The Hall–Kier alpha value is -0.170. The summed E-state index contributed by atoms with van der Waals surface area (Å²) < 4.78 is 24.1. The van der Waals surface area contributed by atoms with Gasteiger partial charge in [0.15, 0.2) is 0 Å². The Morgan fingerprint density at radius 2 is 2.15 bits per heavy atom. The van der Waals surface area contributed by atoms with Crippen molar-refractivity contribution in [3.05, 3.63) is 0 Å². The lowest BCUT2D eigenvalue weighted by molar-refractivity contribution is 0.206. The van der Waals surface area contributed by atoms with Crippen LogP contribution in [-0.4, -0.2) is 27.5 Å². The van der Waals surface area contributed by atoms with E-state index in [-0.39, 0.29) is 11.5 Å². The van der Waals surface area contributed by atoms with Crippen molar-refractivity contribution in [3.63, 3.8) is 0 Å². The fourth-order valence-corrected chi connectivity index (χ4v) is 2.42. The number of piperidine rings is 1. The van der Waals surface area contributed by atoms with Crippen LogP contribution in [0.15, 0.2) is 0 Å². The van der Waals surface area contributed by atoms with Gasteiger partial charge in [0.2, 0.25) is 0 Å². The summed E-state index contributed by atoms with van der Waals surface area (Å²) in [5.41, 5.74) is -0.0787. The van der Waals surface area contributed by atoms with Gasteiger partial charge in [0.1, 0.15) is 0 Å². The maximum Gasteiger partial charge on any atom is 0.274 e. The summed E-state index contributed by atoms with van der Waals surface area (Å²) >= 11 is 0. The molecule has 1 rings (SSSR count). The predicted molar refractivity (Wildman–Crippen MR) is 51.3 cm³/mol. The molecule has 0 aromatic rings. The molecule has 1 fully saturated rings.